The minimum Gasteiger partial charge on any atom is -0.341 e. The van der Waals surface area contributed by atoms with Gasteiger partial charge >= 0.3 is 0 Å². The quantitative estimate of drug-likeness (QED) is 0.378. The topological polar surface area (TPSA) is 28.2 Å². The molecule has 30 heavy (non-hydrogen) atoms. The molecule has 4 aromatic rings. The third-order valence-corrected chi connectivity index (χ3v) is 5.88. The number of benzene rings is 3. The number of rotatable bonds is 2. The molecule has 3 nitrogen and oxygen atoms in total. The maximum Gasteiger partial charge on any atom is 0.108 e. The fourth-order valence-corrected chi connectivity index (χ4v) is 4.32. The van der Waals surface area contributed by atoms with Gasteiger partial charge in [0.1, 0.15) is 5.82 Å². The van der Waals surface area contributed by atoms with E-state index in [4.69, 9.17) is 11.6 Å². The van der Waals surface area contributed by atoms with Crippen molar-refractivity contribution in [2.75, 3.05) is 10.2 Å². The van der Waals surface area contributed by atoms with Gasteiger partial charge < -0.3 is 5.32 Å². The van der Waals surface area contributed by atoms with Crippen molar-refractivity contribution in [2.45, 2.75) is 6.92 Å². The molecule has 0 saturated heterocycles. The molecule has 0 radical (unpaired) electrons. The van der Waals surface area contributed by atoms with E-state index in [2.05, 4.69) is 54.6 Å². The molecule has 0 fully saturated rings. The summed E-state index contributed by atoms with van der Waals surface area (Å²) in [5.41, 5.74) is 7.05. The Morgan fingerprint density at radius 1 is 0.900 bits per heavy atom. The summed E-state index contributed by atoms with van der Waals surface area (Å²) in [5.74, 6) is 0.736. The monoisotopic (exact) mass is 409 g/mol. The Kier molecular flexibility index (Phi) is 4.34. The lowest BCUT2D eigenvalue weighted by Gasteiger charge is -2.36. The van der Waals surface area contributed by atoms with Crippen molar-refractivity contribution in [2.24, 2.45) is 0 Å². The van der Waals surface area contributed by atoms with Crippen LogP contribution in [0.2, 0.25) is 5.02 Å². The lowest BCUT2D eigenvalue weighted by Crippen LogP contribution is -2.29. The smallest absolute Gasteiger partial charge is 0.108 e. The maximum absolute atomic E-state index is 6.46. The van der Waals surface area contributed by atoms with Crippen LogP contribution in [-0.4, -0.2) is 4.98 Å². The molecule has 146 valence electrons. The van der Waals surface area contributed by atoms with Crippen molar-refractivity contribution >= 4 is 39.4 Å². The molecular weight excluding hydrogens is 390 g/mol. The van der Waals surface area contributed by atoms with E-state index in [1.807, 2.05) is 53.7 Å². The number of aromatic nitrogens is 1. The van der Waals surface area contributed by atoms with E-state index in [0.29, 0.717) is 0 Å². The summed E-state index contributed by atoms with van der Waals surface area (Å²) in [5, 5.41) is 6.37. The Hall–Kier alpha value is -3.56. The summed E-state index contributed by atoms with van der Waals surface area (Å²) < 4.78 is 0. The van der Waals surface area contributed by atoms with Gasteiger partial charge in [-0.15, -0.1) is 0 Å². The molecule has 0 amide bonds. The SMILES string of the molecule is C=C1Nc2cc(-c3ccccc3Cl)c(C)cc2C(=C)N1c1cncc2ccccc12. The molecule has 0 bridgehead atoms. The Morgan fingerprint density at radius 2 is 1.67 bits per heavy atom. The predicted octanol–water partition coefficient (Wildman–Crippen LogP) is 7.24. The second-order valence-electron chi connectivity index (χ2n) is 7.43. The van der Waals surface area contributed by atoms with Crippen LogP contribution in [0.3, 0.4) is 0 Å². The largest absolute Gasteiger partial charge is 0.341 e. The molecule has 4 heteroatoms. The van der Waals surface area contributed by atoms with Crippen molar-refractivity contribution in [1.29, 1.82) is 0 Å². The van der Waals surface area contributed by atoms with Crippen molar-refractivity contribution < 1.29 is 0 Å². The third kappa shape index (κ3) is 2.87. The van der Waals surface area contributed by atoms with Gasteiger partial charge in [0.25, 0.3) is 0 Å². The van der Waals surface area contributed by atoms with E-state index in [1.54, 1.807) is 0 Å². The van der Waals surface area contributed by atoms with Crippen molar-refractivity contribution in [3.63, 3.8) is 0 Å². The Balaban J connectivity index is 1.64. The highest BCUT2D eigenvalue weighted by atomic mass is 35.5. The molecule has 0 saturated carbocycles. The molecule has 5 rings (SSSR count). The average molecular weight is 410 g/mol. The number of anilines is 2. The third-order valence-electron chi connectivity index (χ3n) is 5.55. The first-order valence-electron chi connectivity index (χ1n) is 9.72. The van der Waals surface area contributed by atoms with Gasteiger partial charge in [-0.3, -0.25) is 9.88 Å². The molecule has 0 spiro atoms. The Bertz CT molecular complexity index is 1330. The fraction of sp³-hybridized carbons (Fsp3) is 0.0385. The number of halogens is 1. The summed E-state index contributed by atoms with van der Waals surface area (Å²) in [7, 11) is 0. The van der Waals surface area contributed by atoms with Gasteiger partial charge in [-0.05, 0) is 36.2 Å². The van der Waals surface area contributed by atoms with E-state index in [1.165, 1.54) is 0 Å². The van der Waals surface area contributed by atoms with Gasteiger partial charge in [0, 0.05) is 44.5 Å². The van der Waals surface area contributed by atoms with Crippen molar-refractivity contribution in [1.82, 2.24) is 4.98 Å². The minimum atomic E-state index is 0.734. The number of aryl methyl sites for hydroxylation is 1. The van der Waals surface area contributed by atoms with Gasteiger partial charge in [-0.25, -0.2) is 0 Å². The fourth-order valence-electron chi connectivity index (χ4n) is 4.08. The molecular formula is C26H20ClN3. The first-order chi connectivity index (χ1) is 14.5. The highest BCUT2D eigenvalue weighted by Gasteiger charge is 2.26. The van der Waals surface area contributed by atoms with E-state index in [0.717, 1.165) is 60.9 Å². The Labute approximate surface area is 180 Å². The van der Waals surface area contributed by atoms with Crippen LogP contribution in [0.15, 0.2) is 92.0 Å². The van der Waals surface area contributed by atoms with Gasteiger partial charge in [-0.2, -0.15) is 0 Å². The number of nitrogens with one attached hydrogen (secondary N) is 1. The van der Waals surface area contributed by atoms with Gasteiger partial charge in [-0.1, -0.05) is 67.2 Å². The van der Waals surface area contributed by atoms with Crippen LogP contribution in [0.1, 0.15) is 11.1 Å². The normalized spacial score (nSPS) is 13.3. The van der Waals surface area contributed by atoms with E-state index in [9.17, 15) is 0 Å². The first kappa shape index (κ1) is 18.5. The molecule has 2 heterocycles. The number of hydrogen-bond donors (Lipinski definition) is 1. The zero-order valence-electron chi connectivity index (χ0n) is 16.6. The molecule has 0 aliphatic carbocycles. The first-order valence-corrected chi connectivity index (χ1v) is 10.1. The molecule has 1 aliphatic rings. The maximum atomic E-state index is 6.46. The summed E-state index contributed by atoms with van der Waals surface area (Å²) in [4.78, 5) is 6.46. The van der Waals surface area contributed by atoms with Crippen molar-refractivity contribution in [3.8, 4) is 11.1 Å². The van der Waals surface area contributed by atoms with Crippen LogP contribution >= 0.6 is 11.6 Å². The lowest BCUT2D eigenvalue weighted by atomic mass is 9.94. The molecule has 0 atom stereocenters. The molecule has 1 N–H and O–H groups in total. The molecule has 0 unspecified atom stereocenters. The van der Waals surface area contributed by atoms with Crippen LogP contribution < -0.4 is 10.2 Å². The highest BCUT2D eigenvalue weighted by Crippen LogP contribution is 2.43. The number of fused-ring (bicyclic) bond motifs is 2. The second kappa shape index (κ2) is 7.05. The summed E-state index contributed by atoms with van der Waals surface area (Å²) in [6, 6.07) is 20.4. The number of hydrogen-bond acceptors (Lipinski definition) is 3. The molecule has 1 aliphatic heterocycles. The van der Waals surface area contributed by atoms with Gasteiger partial charge in [0.05, 0.1) is 11.9 Å². The standard InChI is InChI=1S/C26H20ClN3/c1-16-12-23-17(2)30(26-15-28-14-19-8-4-5-9-20(19)26)18(3)29-25(23)13-22(16)21-10-6-7-11-24(21)27/h4-15,29H,2-3H2,1H3. The lowest BCUT2D eigenvalue weighted by molar-refractivity contribution is 1.14. The zero-order valence-corrected chi connectivity index (χ0v) is 17.4. The van der Waals surface area contributed by atoms with E-state index >= 15 is 0 Å². The summed E-state index contributed by atoms with van der Waals surface area (Å²) in [6.45, 7) is 10.8. The minimum absolute atomic E-state index is 0.734. The summed E-state index contributed by atoms with van der Waals surface area (Å²) >= 11 is 6.46. The number of pyridine rings is 1. The van der Waals surface area contributed by atoms with E-state index < -0.39 is 0 Å². The van der Waals surface area contributed by atoms with Crippen LogP contribution in [0.5, 0.6) is 0 Å². The predicted molar refractivity (Wildman–Crippen MR) is 128 cm³/mol. The second-order valence-corrected chi connectivity index (χ2v) is 7.83. The molecule has 3 aromatic carbocycles. The zero-order chi connectivity index (χ0) is 20.8. The molecule has 1 aromatic heterocycles. The van der Waals surface area contributed by atoms with Crippen LogP contribution in [-0.2, 0) is 0 Å². The Morgan fingerprint density at radius 3 is 2.50 bits per heavy atom. The summed E-state index contributed by atoms with van der Waals surface area (Å²) in [6.07, 6.45) is 3.73. The van der Waals surface area contributed by atoms with Gasteiger partial charge in [0.15, 0.2) is 0 Å². The van der Waals surface area contributed by atoms with Crippen LogP contribution in [0, 0.1) is 6.92 Å². The number of nitrogens with zero attached hydrogens (tertiary/aromatic N) is 2. The average Bonchev–Trinajstić information content (AvgIpc) is 2.75. The van der Waals surface area contributed by atoms with Crippen LogP contribution in [0.4, 0.5) is 11.4 Å². The van der Waals surface area contributed by atoms with Gasteiger partial charge in [0.2, 0.25) is 0 Å². The van der Waals surface area contributed by atoms with Crippen LogP contribution in [0.25, 0.3) is 27.6 Å². The highest BCUT2D eigenvalue weighted by molar-refractivity contribution is 6.33. The van der Waals surface area contributed by atoms with E-state index in [-0.39, 0.29) is 0 Å². The van der Waals surface area contributed by atoms with Crippen molar-refractivity contribution in [3.05, 3.63) is 108 Å².